The van der Waals surface area contributed by atoms with Crippen molar-refractivity contribution in [2.45, 2.75) is 59.4 Å². The van der Waals surface area contributed by atoms with E-state index in [-0.39, 0.29) is 0 Å². The van der Waals surface area contributed by atoms with Gasteiger partial charge in [0.25, 0.3) is 0 Å². The number of nitrogens with one attached hydrogen (secondary N) is 2. The van der Waals surface area contributed by atoms with Crippen LogP contribution in [0, 0.1) is 5.41 Å². The van der Waals surface area contributed by atoms with Crippen LogP contribution < -0.4 is 10.6 Å². The van der Waals surface area contributed by atoms with Gasteiger partial charge in [-0.05, 0) is 43.0 Å². The van der Waals surface area contributed by atoms with Gasteiger partial charge in [0.05, 0.1) is 0 Å². The molecule has 1 aromatic rings. The Hall–Kier alpha value is -0.860. The molecule has 0 unspecified atom stereocenters. The van der Waals surface area contributed by atoms with Crippen molar-refractivity contribution in [3.8, 4) is 0 Å². The van der Waals surface area contributed by atoms with E-state index in [0.717, 1.165) is 26.1 Å². The number of unbranched alkanes of at least 4 members (excludes halogenated alkanes) is 2. The lowest BCUT2D eigenvalue weighted by molar-refractivity contribution is 0.302. The molecule has 0 fully saturated rings. The van der Waals surface area contributed by atoms with Gasteiger partial charge in [-0.2, -0.15) is 0 Å². The molecule has 0 bridgehead atoms. The van der Waals surface area contributed by atoms with E-state index < -0.39 is 0 Å². The Balaban J connectivity index is 2.40. The molecule has 0 radical (unpaired) electrons. The molecule has 0 spiro atoms. The van der Waals surface area contributed by atoms with Gasteiger partial charge in [-0.15, -0.1) is 0 Å². The Bertz CT molecular complexity index is 385. The van der Waals surface area contributed by atoms with Crippen LogP contribution in [-0.4, -0.2) is 20.1 Å². The summed E-state index contributed by atoms with van der Waals surface area (Å²) in [5.74, 6) is 0. The van der Waals surface area contributed by atoms with E-state index in [1.807, 2.05) is 7.05 Å². The summed E-state index contributed by atoms with van der Waals surface area (Å²) >= 11 is 0. The summed E-state index contributed by atoms with van der Waals surface area (Å²) in [6, 6.07) is 8.79. The van der Waals surface area contributed by atoms with Crippen molar-refractivity contribution >= 4 is 0 Å². The molecule has 0 aliphatic carbocycles. The molecular formula is C19H34N2. The first-order chi connectivity index (χ1) is 10.1. The van der Waals surface area contributed by atoms with Gasteiger partial charge in [-0.1, -0.05) is 64.3 Å². The van der Waals surface area contributed by atoms with E-state index in [2.05, 4.69) is 55.7 Å². The molecule has 1 aromatic carbocycles. The van der Waals surface area contributed by atoms with Gasteiger partial charge in [0.2, 0.25) is 0 Å². The fourth-order valence-corrected chi connectivity index (χ4v) is 2.71. The van der Waals surface area contributed by atoms with Gasteiger partial charge in [0.15, 0.2) is 0 Å². The van der Waals surface area contributed by atoms with Crippen LogP contribution in [-0.2, 0) is 13.0 Å². The summed E-state index contributed by atoms with van der Waals surface area (Å²) in [5, 5.41) is 6.90. The van der Waals surface area contributed by atoms with Crippen LogP contribution in [0.4, 0.5) is 0 Å². The molecule has 0 heterocycles. The van der Waals surface area contributed by atoms with Gasteiger partial charge in [-0.25, -0.2) is 0 Å². The number of rotatable bonds is 11. The second-order valence-corrected chi connectivity index (χ2v) is 6.85. The highest BCUT2D eigenvalue weighted by molar-refractivity contribution is 5.27. The Morgan fingerprint density at radius 3 is 2.43 bits per heavy atom. The minimum atomic E-state index is 0.398. The van der Waals surface area contributed by atoms with Gasteiger partial charge >= 0.3 is 0 Å². The zero-order valence-corrected chi connectivity index (χ0v) is 14.5. The van der Waals surface area contributed by atoms with Crippen LogP contribution in [0.1, 0.15) is 57.6 Å². The van der Waals surface area contributed by atoms with Crippen molar-refractivity contribution < 1.29 is 0 Å². The van der Waals surface area contributed by atoms with Crippen molar-refractivity contribution in [1.29, 1.82) is 0 Å². The first-order valence-electron chi connectivity index (χ1n) is 8.51. The molecule has 0 saturated heterocycles. The lowest BCUT2D eigenvalue weighted by atomic mass is 9.87. The zero-order valence-electron chi connectivity index (χ0n) is 14.5. The summed E-state index contributed by atoms with van der Waals surface area (Å²) < 4.78 is 0. The van der Waals surface area contributed by atoms with Crippen molar-refractivity contribution in [2.75, 3.05) is 20.1 Å². The Kier molecular flexibility index (Phi) is 8.63. The highest BCUT2D eigenvalue weighted by Gasteiger charge is 2.16. The van der Waals surface area contributed by atoms with Crippen molar-refractivity contribution in [1.82, 2.24) is 10.6 Å². The van der Waals surface area contributed by atoms with E-state index in [1.165, 1.54) is 36.8 Å². The normalized spacial score (nSPS) is 11.8. The average Bonchev–Trinajstić information content (AvgIpc) is 2.46. The van der Waals surface area contributed by atoms with Crippen molar-refractivity contribution in [2.24, 2.45) is 5.41 Å². The monoisotopic (exact) mass is 290 g/mol. The lowest BCUT2D eigenvalue weighted by Gasteiger charge is -2.25. The number of likely N-dealkylation sites (N-methyl/N-ethyl adjacent to an activating group) is 1. The molecule has 0 aliphatic rings. The molecule has 1 rings (SSSR count). The lowest BCUT2D eigenvalue weighted by Crippen LogP contribution is -2.29. The minimum Gasteiger partial charge on any atom is -0.319 e. The predicted molar refractivity (Wildman–Crippen MR) is 93.7 cm³/mol. The fraction of sp³-hybridized carbons (Fsp3) is 0.684. The van der Waals surface area contributed by atoms with E-state index >= 15 is 0 Å². The van der Waals surface area contributed by atoms with Gasteiger partial charge in [0, 0.05) is 13.1 Å². The topological polar surface area (TPSA) is 24.1 Å². The molecule has 21 heavy (non-hydrogen) atoms. The minimum absolute atomic E-state index is 0.398. The Labute approximate surface area is 131 Å². The Morgan fingerprint density at radius 2 is 1.76 bits per heavy atom. The fourth-order valence-electron chi connectivity index (χ4n) is 2.71. The molecule has 2 N–H and O–H groups in total. The molecule has 0 aromatic heterocycles. The van der Waals surface area contributed by atoms with E-state index in [4.69, 9.17) is 0 Å². The van der Waals surface area contributed by atoms with Gasteiger partial charge in [0.1, 0.15) is 0 Å². The molecule has 0 amide bonds. The third-order valence-electron chi connectivity index (χ3n) is 4.14. The maximum Gasteiger partial charge on any atom is 0.0208 e. The number of benzene rings is 1. The summed E-state index contributed by atoms with van der Waals surface area (Å²) in [6.45, 7) is 10.1. The second kappa shape index (κ2) is 9.97. The summed E-state index contributed by atoms with van der Waals surface area (Å²) in [4.78, 5) is 0. The molecule has 2 heteroatoms. The van der Waals surface area contributed by atoms with E-state index in [1.54, 1.807) is 0 Å². The molecule has 0 saturated carbocycles. The van der Waals surface area contributed by atoms with Crippen molar-refractivity contribution in [3.05, 3.63) is 35.4 Å². The van der Waals surface area contributed by atoms with Crippen LogP contribution in [0.15, 0.2) is 24.3 Å². The zero-order chi connectivity index (χ0) is 15.6. The number of hydrogen-bond donors (Lipinski definition) is 2. The Morgan fingerprint density at radius 1 is 1.05 bits per heavy atom. The maximum absolute atomic E-state index is 3.67. The summed E-state index contributed by atoms with van der Waals surface area (Å²) in [5.41, 5.74) is 3.30. The largest absolute Gasteiger partial charge is 0.319 e. The van der Waals surface area contributed by atoms with Crippen LogP contribution in [0.5, 0.6) is 0 Å². The van der Waals surface area contributed by atoms with Gasteiger partial charge < -0.3 is 10.6 Å². The third-order valence-corrected chi connectivity index (χ3v) is 4.14. The third kappa shape index (κ3) is 7.63. The first kappa shape index (κ1) is 18.2. The van der Waals surface area contributed by atoms with E-state index in [0.29, 0.717) is 5.41 Å². The van der Waals surface area contributed by atoms with Crippen LogP contribution in [0.3, 0.4) is 0 Å². The highest BCUT2D eigenvalue weighted by atomic mass is 14.9. The smallest absolute Gasteiger partial charge is 0.0208 e. The van der Waals surface area contributed by atoms with Gasteiger partial charge in [-0.3, -0.25) is 0 Å². The summed E-state index contributed by atoms with van der Waals surface area (Å²) in [7, 11) is 2.01. The van der Waals surface area contributed by atoms with Crippen molar-refractivity contribution in [3.63, 3.8) is 0 Å². The molecule has 2 nitrogen and oxygen atoms in total. The highest BCUT2D eigenvalue weighted by Crippen LogP contribution is 2.23. The molecule has 0 aliphatic heterocycles. The molecular weight excluding hydrogens is 256 g/mol. The number of hydrogen-bond acceptors (Lipinski definition) is 2. The quantitative estimate of drug-likeness (QED) is 0.598. The predicted octanol–water partition coefficient (Wildman–Crippen LogP) is 4.14. The maximum atomic E-state index is 3.67. The van der Waals surface area contributed by atoms with Crippen LogP contribution in [0.25, 0.3) is 0 Å². The van der Waals surface area contributed by atoms with Crippen LogP contribution in [0.2, 0.25) is 0 Å². The summed E-state index contributed by atoms with van der Waals surface area (Å²) in [6.07, 6.45) is 6.44. The van der Waals surface area contributed by atoms with Crippen LogP contribution >= 0.6 is 0 Å². The SMILES string of the molecule is CCCCCC(C)(C)CNCc1ccccc1CCNC. The second-order valence-electron chi connectivity index (χ2n) is 6.85. The molecule has 120 valence electrons. The molecule has 0 atom stereocenters. The first-order valence-corrected chi connectivity index (χ1v) is 8.51. The van der Waals surface area contributed by atoms with E-state index in [9.17, 15) is 0 Å². The standard InChI is InChI=1S/C19H34N2/c1-5-6-9-13-19(2,3)16-21-15-18-11-8-7-10-17(18)12-14-20-4/h7-8,10-11,20-21H,5-6,9,12-16H2,1-4H3. The average molecular weight is 290 g/mol.